The number of aromatic nitrogens is 3. The maximum absolute atomic E-state index is 13.0. The Morgan fingerprint density at radius 3 is 2.65 bits per heavy atom. The average Bonchev–Trinajstić information content (AvgIpc) is 3.27. The summed E-state index contributed by atoms with van der Waals surface area (Å²) in [5.41, 5.74) is 2.51. The van der Waals surface area contributed by atoms with Crippen LogP contribution in [0.2, 0.25) is 0 Å². The van der Waals surface area contributed by atoms with Gasteiger partial charge >= 0.3 is 0 Å². The van der Waals surface area contributed by atoms with E-state index in [1.807, 2.05) is 24.3 Å². The second-order valence-corrected chi connectivity index (χ2v) is 7.91. The summed E-state index contributed by atoms with van der Waals surface area (Å²) < 4.78 is 10.7. The molecule has 1 aromatic carbocycles. The molecule has 8 heteroatoms. The van der Waals surface area contributed by atoms with Gasteiger partial charge in [0.2, 0.25) is 11.8 Å². The Morgan fingerprint density at radius 1 is 1.13 bits per heavy atom. The highest BCUT2D eigenvalue weighted by Crippen LogP contribution is 2.30. The van der Waals surface area contributed by atoms with Gasteiger partial charge in [0.15, 0.2) is 0 Å². The zero-order valence-electron chi connectivity index (χ0n) is 18.1. The standard InChI is InChI=1S/C23H27N5O3/c1-15(2)17-13-19(25-23(24-17)28-11-7-4-8-12-28)22(29)26-21-14-18(27-31-21)16-9-5-6-10-20(16)30-3/h5-6,9-10,13-15H,4,7-8,11-12H2,1-3H3,(H,26,29). The van der Waals surface area contributed by atoms with Crippen LogP contribution in [-0.2, 0) is 0 Å². The van der Waals surface area contributed by atoms with Gasteiger partial charge in [-0.25, -0.2) is 9.97 Å². The fourth-order valence-corrected chi connectivity index (χ4v) is 3.59. The van der Waals surface area contributed by atoms with Gasteiger partial charge in [-0.15, -0.1) is 0 Å². The molecule has 1 aliphatic heterocycles. The van der Waals surface area contributed by atoms with Gasteiger partial charge in [0.25, 0.3) is 5.91 Å². The number of benzene rings is 1. The predicted molar refractivity (Wildman–Crippen MR) is 119 cm³/mol. The smallest absolute Gasteiger partial charge is 0.276 e. The molecule has 0 bridgehead atoms. The zero-order chi connectivity index (χ0) is 21.8. The first kappa shape index (κ1) is 20.8. The molecule has 0 spiro atoms. The number of nitrogens with zero attached hydrogens (tertiary/aromatic N) is 4. The lowest BCUT2D eigenvalue weighted by Crippen LogP contribution is -2.32. The van der Waals surface area contributed by atoms with Crippen LogP contribution in [0.5, 0.6) is 5.75 Å². The highest BCUT2D eigenvalue weighted by molar-refractivity contribution is 6.02. The van der Waals surface area contributed by atoms with Crippen LogP contribution in [0.3, 0.4) is 0 Å². The molecule has 1 saturated heterocycles. The molecule has 162 valence electrons. The van der Waals surface area contributed by atoms with Gasteiger partial charge in [-0.1, -0.05) is 31.1 Å². The topological polar surface area (TPSA) is 93.4 Å². The molecule has 8 nitrogen and oxygen atoms in total. The van der Waals surface area contributed by atoms with Crippen molar-refractivity contribution >= 4 is 17.7 Å². The Kier molecular flexibility index (Phi) is 6.16. The molecule has 1 aliphatic rings. The molecule has 4 rings (SSSR count). The van der Waals surface area contributed by atoms with E-state index in [0.29, 0.717) is 23.1 Å². The zero-order valence-corrected chi connectivity index (χ0v) is 18.1. The minimum atomic E-state index is -0.356. The van der Waals surface area contributed by atoms with E-state index < -0.39 is 0 Å². The number of piperidine rings is 1. The molecular weight excluding hydrogens is 394 g/mol. The Morgan fingerprint density at radius 2 is 1.90 bits per heavy atom. The van der Waals surface area contributed by atoms with Crippen molar-refractivity contribution in [2.24, 2.45) is 0 Å². The van der Waals surface area contributed by atoms with Crippen LogP contribution >= 0.6 is 0 Å². The van der Waals surface area contributed by atoms with Crippen LogP contribution in [0.15, 0.2) is 40.9 Å². The molecule has 1 amide bonds. The maximum atomic E-state index is 13.0. The van der Waals surface area contributed by atoms with E-state index >= 15 is 0 Å². The van der Waals surface area contributed by atoms with Crippen molar-refractivity contribution in [1.82, 2.24) is 15.1 Å². The van der Waals surface area contributed by atoms with Crippen LogP contribution in [0, 0.1) is 0 Å². The highest BCUT2D eigenvalue weighted by Gasteiger charge is 2.20. The summed E-state index contributed by atoms with van der Waals surface area (Å²) in [6.07, 6.45) is 3.44. The largest absolute Gasteiger partial charge is 0.496 e. The maximum Gasteiger partial charge on any atom is 0.276 e. The quantitative estimate of drug-likeness (QED) is 0.626. The number of anilines is 2. The van der Waals surface area contributed by atoms with Crippen molar-refractivity contribution in [3.8, 4) is 17.0 Å². The van der Waals surface area contributed by atoms with Gasteiger partial charge in [0, 0.05) is 30.4 Å². The summed E-state index contributed by atoms with van der Waals surface area (Å²) in [7, 11) is 1.60. The van der Waals surface area contributed by atoms with Gasteiger partial charge in [-0.3, -0.25) is 10.1 Å². The molecule has 2 aromatic heterocycles. The minimum absolute atomic E-state index is 0.181. The predicted octanol–water partition coefficient (Wildman–Crippen LogP) is 4.51. The molecule has 1 N–H and O–H groups in total. The number of ether oxygens (including phenoxy) is 1. The number of carbonyl (C=O) groups is 1. The monoisotopic (exact) mass is 421 g/mol. The highest BCUT2D eigenvalue weighted by atomic mass is 16.5. The fourth-order valence-electron chi connectivity index (χ4n) is 3.59. The molecule has 3 aromatic rings. The van der Waals surface area contributed by atoms with Crippen LogP contribution in [0.25, 0.3) is 11.3 Å². The van der Waals surface area contributed by atoms with Gasteiger partial charge in [-0.2, -0.15) is 0 Å². The minimum Gasteiger partial charge on any atom is -0.496 e. The van der Waals surface area contributed by atoms with Crippen molar-refractivity contribution in [1.29, 1.82) is 0 Å². The first-order valence-corrected chi connectivity index (χ1v) is 10.6. The molecule has 1 fully saturated rings. The van der Waals surface area contributed by atoms with Crippen LogP contribution in [0.1, 0.15) is 55.2 Å². The van der Waals surface area contributed by atoms with Crippen molar-refractivity contribution in [2.45, 2.75) is 39.0 Å². The molecule has 31 heavy (non-hydrogen) atoms. The van der Waals surface area contributed by atoms with Gasteiger partial charge < -0.3 is 14.2 Å². The van der Waals surface area contributed by atoms with E-state index in [1.54, 1.807) is 19.2 Å². The van der Waals surface area contributed by atoms with E-state index in [-0.39, 0.29) is 17.7 Å². The number of hydrogen-bond acceptors (Lipinski definition) is 7. The molecule has 0 radical (unpaired) electrons. The Labute approximate surface area is 181 Å². The van der Waals surface area contributed by atoms with E-state index in [2.05, 4.69) is 34.2 Å². The van der Waals surface area contributed by atoms with Crippen molar-refractivity contribution in [2.75, 3.05) is 30.4 Å². The lowest BCUT2D eigenvalue weighted by Gasteiger charge is -2.27. The Hall–Kier alpha value is -3.42. The SMILES string of the molecule is COc1ccccc1-c1cc(NC(=O)c2cc(C(C)C)nc(N3CCCCC3)n2)on1. The third-order valence-electron chi connectivity index (χ3n) is 5.33. The average molecular weight is 422 g/mol. The molecule has 0 aliphatic carbocycles. The normalized spacial score (nSPS) is 14.0. The van der Waals surface area contributed by atoms with Crippen LogP contribution < -0.4 is 15.0 Å². The first-order chi connectivity index (χ1) is 15.0. The molecule has 0 saturated carbocycles. The van der Waals surface area contributed by atoms with E-state index in [0.717, 1.165) is 37.2 Å². The number of methoxy groups -OCH3 is 1. The number of rotatable bonds is 6. The second kappa shape index (κ2) is 9.16. The van der Waals surface area contributed by atoms with Crippen LogP contribution in [0.4, 0.5) is 11.8 Å². The van der Waals surface area contributed by atoms with Gasteiger partial charge in [0.1, 0.15) is 17.1 Å². The number of amides is 1. The molecule has 0 unspecified atom stereocenters. The van der Waals surface area contributed by atoms with Crippen molar-refractivity contribution < 1.29 is 14.1 Å². The fraction of sp³-hybridized carbons (Fsp3) is 0.391. The summed E-state index contributed by atoms with van der Waals surface area (Å²) in [4.78, 5) is 24.4. The van der Waals surface area contributed by atoms with E-state index in [1.165, 1.54) is 6.42 Å². The number of carbonyl (C=O) groups excluding carboxylic acids is 1. The number of para-hydroxylation sites is 1. The number of hydrogen-bond donors (Lipinski definition) is 1. The second-order valence-electron chi connectivity index (χ2n) is 7.91. The summed E-state index contributed by atoms with van der Waals surface area (Å²) in [5.74, 6) is 1.36. The summed E-state index contributed by atoms with van der Waals surface area (Å²) in [6, 6.07) is 10.9. The lowest BCUT2D eigenvalue weighted by atomic mass is 10.1. The number of nitrogens with one attached hydrogen (secondary N) is 1. The third-order valence-corrected chi connectivity index (χ3v) is 5.33. The summed E-state index contributed by atoms with van der Waals surface area (Å²) in [6.45, 7) is 5.93. The molecular formula is C23H27N5O3. The van der Waals surface area contributed by atoms with Crippen molar-refractivity contribution in [3.63, 3.8) is 0 Å². The van der Waals surface area contributed by atoms with E-state index in [9.17, 15) is 4.79 Å². The third kappa shape index (κ3) is 4.68. The summed E-state index contributed by atoms with van der Waals surface area (Å²) in [5, 5.41) is 6.83. The van der Waals surface area contributed by atoms with Crippen LogP contribution in [-0.4, -0.2) is 41.2 Å². The Bertz CT molecular complexity index is 1060. The summed E-state index contributed by atoms with van der Waals surface area (Å²) >= 11 is 0. The molecule has 0 atom stereocenters. The Balaban J connectivity index is 1.57. The van der Waals surface area contributed by atoms with E-state index in [4.69, 9.17) is 14.2 Å². The van der Waals surface area contributed by atoms with Crippen molar-refractivity contribution in [3.05, 3.63) is 47.8 Å². The van der Waals surface area contributed by atoms with Gasteiger partial charge in [0.05, 0.1) is 7.11 Å². The first-order valence-electron chi connectivity index (χ1n) is 10.6. The molecule has 3 heterocycles. The lowest BCUT2D eigenvalue weighted by molar-refractivity contribution is 0.101. The van der Waals surface area contributed by atoms with Gasteiger partial charge in [-0.05, 0) is 43.4 Å².